The minimum absolute atomic E-state index is 0.00339. The lowest BCUT2D eigenvalue weighted by Gasteiger charge is -2.27. The number of nitrogens with zero attached hydrogens (tertiary/aromatic N) is 2. The molecule has 0 radical (unpaired) electrons. The number of carbonyl (C=O) groups excluding carboxylic acids is 1. The summed E-state index contributed by atoms with van der Waals surface area (Å²) in [6, 6.07) is 7.68. The summed E-state index contributed by atoms with van der Waals surface area (Å²) in [5.74, 6) is 1.37. The number of hydrogen-bond donors (Lipinski definition) is 3. The van der Waals surface area contributed by atoms with Gasteiger partial charge in [0.05, 0.1) is 0 Å². The van der Waals surface area contributed by atoms with Gasteiger partial charge in [-0.3, -0.25) is 9.89 Å². The number of amides is 1. The first-order valence-electron chi connectivity index (χ1n) is 6.87. The minimum atomic E-state index is -0.00339. The Bertz CT molecular complexity index is 580. The van der Waals surface area contributed by atoms with E-state index in [1.54, 1.807) is 11.8 Å². The van der Waals surface area contributed by atoms with Crippen molar-refractivity contribution in [1.29, 1.82) is 0 Å². The van der Waals surface area contributed by atoms with E-state index in [1.807, 2.05) is 24.3 Å². The second-order valence-corrected chi connectivity index (χ2v) is 5.97. The first kappa shape index (κ1) is 14.1. The van der Waals surface area contributed by atoms with Crippen LogP contribution in [0.3, 0.4) is 0 Å². The van der Waals surface area contributed by atoms with Crippen LogP contribution in [0.4, 0.5) is 0 Å². The molecule has 1 aliphatic heterocycles. The third kappa shape index (κ3) is 3.83. The Morgan fingerprint density at radius 3 is 2.76 bits per heavy atom. The Hall–Kier alpha value is -1.86. The van der Waals surface area contributed by atoms with Crippen molar-refractivity contribution in [2.45, 2.75) is 10.9 Å². The molecular formula is C14H17N5OS. The van der Waals surface area contributed by atoms with E-state index in [0.29, 0.717) is 11.5 Å². The van der Waals surface area contributed by atoms with Gasteiger partial charge >= 0.3 is 0 Å². The average Bonchev–Trinajstić information content (AvgIpc) is 2.97. The number of carbonyl (C=O) groups is 1. The molecule has 7 heteroatoms. The lowest BCUT2D eigenvalue weighted by Crippen LogP contribution is -2.48. The van der Waals surface area contributed by atoms with E-state index in [4.69, 9.17) is 0 Å². The Morgan fingerprint density at radius 2 is 2.14 bits per heavy atom. The van der Waals surface area contributed by atoms with Gasteiger partial charge in [0.1, 0.15) is 6.33 Å². The molecule has 3 N–H and O–H groups in total. The molecule has 0 atom stereocenters. The van der Waals surface area contributed by atoms with Crippen molar-refractivity contribution < 1.29 is 4.79 Å². The van der Waals surface area contributed by atoms with Gasteiger partial charge in [-0.25, -0.2) is 4.98 Å². The van der Waals surface area contributed by atoms with Crippen LogP contribution in [-0.2, 0) is 5.75 Å². The van der Waals surface area contributed by atoms with E-state index in [0.717, 1.165) is 36.1 Å². The molecule has 1 fully saturated rings. The quantitative estimate of drug-likeness (QED) is 0.695. The molecule has 1 amide bonds. The molecule has 3 rings (SSSR count). The summed E-state index contributed by atoms with van der Waals surface area (Å²) in [7, 11) is 0. The highest BCUT2D eigenvalue weighted by Crippen LogP contribution is 2.18. The first-order chi connectivity index (χ1) is 10.3. The van der Waals surface area contributed by atoms with Crippen molar-refractivity contribution in [3.63, 3.8) is 0 Å². The van der Waals surface area contributed by atoms with Crippen LogP contribution in [-0.4, -0.2) is 40.7 Å². The molecule has 0 unspecified atom stereocenters. The molecule has 110 valence electrons. The van der Waals surface area contributed by atoms with Gasteiger partial charge in [0.2, 0.25) is 0 Å². The standard InChI is InChI=1S/C14H17N5OS/c20-13(16-7-11-5-15-6-11)12-3-1-10(2-4-12)8-21-14-17-9-18-19-14/h1-4,9,11,15H,5-8H2,(H,16,20)(H,17,18,19). The normalized spacial score (nSPS) is 14.7. The summed E-state index contributed by atoms with van der Waals surface area (Å²) < 4.78 is 0. The molecule has 2 aromatic rings. The van der Waals surface area contributed by atoms with Crippen LogP contribution in [0, 0.1) is 5.92 Å². The highest BCUT2D eigenvalue weighted by atomic mass is 32.2. The van der Waals surface area contributed by atoms with E-state index in [2.05, 4.69) is 25.8 Å². The van der Waals surface area contributed by atoms with Crippen LogP contribution in [0.1, 0.15) is 15.9 Å². The molecule has 0 spiro atoms. The lowest BCUT2D eigenvalue weighted by molar-refractivity contribution is 0.0942. The van der Waals surface area contributed by atoms with Crippen molar-refractivity contribution in [2.75, 3.05) is 19.6 Å². The van der Waals surface area contributed by atoms with Crippen molar-refractivity contribution in [2.24, 2.45) is 5.92 Å². The van der Waals surface area contributed by atoms with E-state index < -0.39 is 0 Å². The largest absolute Gasteiger partial charge is 0.352 e. The van der Waals surface area contributed by atoms with Crippen molar-refractivity contribution in [3.05, 3.63) is 41.7 Å². The molecule has 2 heterocycles. The highest BCUT2D eigenvalue weighted by Gasteiger charge is 2.17. The maximum absolute atomic E-state index is 12.0. The predicted molar refractivity (Wildman–Crippen MR) is 81.1 cm³/mol. The number of thioether (sulfide) groups is 1. The molecule has 21 heavy (non-hydrogen) atoms. The number of benzene rings is 1. The van der Waals surface area contributed by atoms with Crippen LogP contribution in [0.2, 0.25) is 0 Å². The third-order valence-electron chi connectivity index (χ3n) is 3.40. The molecule has 1 aromatic heterocycles. The Balaban J connectivity index is 1.49. The fourth-order valence-electron chi connectivity index (χ4n) is 2.00. The zero-order chi connectivity index (χ0) is 14.5. The zero-order valence-corrected chi connectivity index (χ0v) is 12.3. The van der Waals surface area contributed by atoms with E-state index in [1.165, 1.54) is 6.33 Å². The summed E-state index contributed by atoms with van der Waals surface area (Å²) in [6.45, 7) is 2.74. The second kappa shape index (κ2) is 6.73. The van der Waals surface area contributed by atoms with Gasteiger partial charge in [0.15, 0.2) is 5.16 Å². The summed E-state index contributed by atoms with van der Waals surface area (Å²) in [4.78, 5) is 16.0. The van der Waals surface area contributed by atoms with Crippen molar-refractivity contribution in [1.82, 2.24) is 25.8 Å². The Kier molecular flexibility index (Phi) is 4.52. The maximum atomic E-state index is 12.0. The van der Waals surface area contributed by atoms with Gasteiger partial charge in [-0.05, 0) is 17.7 Å². The number of nitrogens with one attached hydrogen (secondary N) is 3. The fraction of sp³-hybridized carbons (Fsp3) is 0.357. The molecular weight excluding hydrogens is 286 g/mol. The minimum Gasteiger partial charge on any atom is -0.352 e. The first-order valence-corrected chi connectivity index (χ1v) is 7.86. The van der Waals surface area contributed by atoms with Gasteiger partial charge in [-0.15, -0.1) is 0 Å². The van der Waals surface area contributed by atoms with Gasteiger partial charge in [0.25, 0.3) is 5.91 Å². The molecule has 1 aromatic carbocycles. The molecule has 0 bridgehead atoms. The number of hydrogen-bond acceptors (Lipinski definition) is 5. The van der Waals surface area contributed by atoms with Crippen LogP contribution < -0.4 is 10.6 Å². The SMILES string of the molecule is O=C(NCC1CNC1)c1ccc(CSc2ncn[nH]2)cc1. The topological polar surface area (TPSA) is 82.7 Å². The fourth-order valence-corrected chi connectivity index (χ4v) is 2.73. The maximum Gasteiger partial charge on any atom is 0.251 e. The van der Waals surface area contributed by atoms with Gasteiger partial charge in [-0.2, -0.15) is 5.10 Å². The average molecular weight is 303 g/mol. The van der Waals surface area contributed by atoms with E-state index in [9.17, 15) is 4.79 Å². The third-order valence-corrected chi connectivity index (χ3v) is 4.35. The highest BCUT2D eigenvalue weighted by molar-refractivity contribution is 7.98. The lowest BCUT2D eigenvalue weighted by atomic mass is 10.0. The van der Waals surface area contributed by atoms with Crippen LogP contribution in [0.25, 0.3) is 0 Å². The monoisotopic (exact) mass is 303 g/mol. The van der Waals surface area contributed by atoms with Crippen LogP contribution >= 0.6 is 11.8 Å². The van der Waals surface area contributed by atoms with Gasteiger partial charge in [-0.1, -0.05) is 23.9 Å². The second-order valence-electron chi connectivity index (χ2n) is 5.01. The molecule has 0 aliphatic carbocycles. The van der Waals surface area contributed by atoms with Crippen LogP contribution in [0.15, 0.2) is 35.7 Å². The van der Waals surface area contributed by atoms with E-state index in [-0.39, 0.29) is 5.91 Å². The van der Waals surface area contributed by atoms with Crippen molar-refractivity contribution >= 4 is 17.7 Å². The smallest absolute Gasteiger partial charge is 0.251 e. The van der Waals surface area contributed by atoms with Crippen LogP contribution in [0.5, 0.6) is 0 Å². The summed E-state index contributed by atoms with van der Waals surface area (Å²) in [5.41, 5.74) is 1.85. The Morgan fingerprint density at radius 1 is 1.33 bits per heavy atom. The molecule has 0 saturated carbocycles. The van der Waals surface area contributed by atoms with Gasteiger partial charge in [0, 0.05) is 36.9 Å². The van der Waals surface area contributed by atoms with E-state index >= 15 is 0 Å². The number of aromatic amines is 1. The predicted octanol–water partition coefficient (Wildman–Crippen LogP) is 1.05. The molecule has 1 aliphatic rings. The number of H-pyrrole nitrogens is 1. The van der Waals surface area contributed by atoms with Crippen molar-refractivity contribution in [3.8, 4) is 0 Å². The molecule has 6 nitrogen and oxygen atoms in total. The molecule has 1 saturated heterocycles. The summed E-state index contributed by atoms with van der Waals surface area (Å²) in [5, 5.41) is 13.6. The Labute approximate surface area is 127 Å². The number of aromatic nitrogens is 3. The zero-order valence-electron chi connectivity index (χ0n) is 11.5. The van der Waals surface area contributed by atoms with Gasteiger partial charge < -0.3 is 10.6 Å². The summed E-state index contributed by atoms with van der Waals surface area (Å²) in [6.07, 6.45) is 1.49. The number of rotatable bonds is 6. The summed E-state index contributed by atoms with van der Waals surface area (Å²) >= 11 is 1.58.